The van der Waals surface area contributed by atoms with Gasteiger partial charge in [0.1, 0.15) is 23.7 Å². The van der Waals surface area contributed by atoms with E-state index in [4.69, 9.17) is 30.5 Å². The summed E-state index contributed by atoms with van der Waals surface area (Å²) in [4.78, 5) is 38.0. The molecule has 0 unspecified atom stereocenters. The average Bonchev–Trinajstić information content (AvgIpc) is 2.82. The standard InChI is InChI=1S/C23H23ClN2O7/c1-4-32-21(27)18-15(25-23(29)26-20(18)13-8-10-14(24)11-9-13)12-33-22(28)19-16(30-2)6-5-7-17(19)31-3/h5-11,20H,4,12H2,1-3H3,(H2,25,26,29)/t20-/m1/s1. The first-order valence-electron chi connectivity index (χ1n) is 10.0. The number of benzene rings is 2. The summed E-state index contributed by atoms with van der Waals surface area (Å²) in [6.07, 6.45) is 0. The molecule has 1 aliphatic rings. The van der Waals surface area contributed by atoms with Crippen LogP contribution in [-0.2, 0) is 14.3 Å². The van der Waals surface area contributed by atoms with Crippen molar-refractivity contribution in [3.05, 3.63) is 69.9 Å². The van der Waals surface area contributed by atoms with Crippen LogP contribution in [0.2, 0.25) is 5.02 Å². The summed E-state index contributed by atoms with van der Waals surface area (Å²) in [5, 5.41) is 5.74. The van der Waals surface area contributed by atoms with E-state index in [0.717, 1.165) is 0 Å². The maximum atomic E-state index is 12.9. The smallest absolute Gasteiger partial charge is 0.346 e. The van der Waals surface area contributed by atoms with Gasteiger partial charge in [-0.05, 0) is 36.8 Å². The quantitative estimate of drug-likeness (QED) is 0.564. The van der Waals surface area contributed by atoms with Gasteiger partial charge in [-0.2, -0.15) is 0 Å². The molecule has 0 radical (unpaired) electrons. The Labute approximate surface area is 195 Å². The van der Waals surface area contributed by atoms with Crippen molar-refractivity contribution in [3.63, 3.8) is 0 Å². The molecule has 1 aliphatic heterocycles. The van der Waals surface area contributed by atoms with Gasteiger partial charge in [0, 0.05) is 5.02 Å². The zero-order chi connectivity index (χ0) is 24.0. The first kappa shape index (κ1) is 23.9. The number of carbonyl (C=O) groups is 3. The van der Waals surface area contributed by atoms with Crippen LogP contribution >= 0.6 is 11.6 Å². The molecule has 0 saturated carbocycles. The molecule has 0 bridgehead atoms. The number of carbonyl (C=O) groups excluding carboxylic acids is 3. The van der Waals surface area contributed by atoms with Crippen molar-refractivity contribution >= 4 is 29.6 Å². The van der Waals surface area contributed by atoms with Crippen molar-refractivity contribution in [1.29, 1.82) is 0 Å². The molecule has 174 valence electrons. The first-order valence-corrected chi connectivity index (χ1v) is 10.4. The predicted octanol–water partition coefficient (Wildman–Crippen LogP) is 3.39. The van der Waals surface area contributed by atoms with Crippen LogP contribution in [0.4, 0.5) is 4.79 Å². The molecule has 2 aromatic carbocycles. The van der Waals surface area contributed by atoms with Crippen LogP contribution in [0.1, 0.15) is 28.9 Å². The minimum atomic E-state index is -0.829. The van der Waals surface area contributed by atoms with Crippen molar-refractivity contribution in [2.75, 3.05) is 27.4 Å². The highest BCUT2D eigenvalue weighted by molar-refractivity contribution is 6.30. The van der Waals surface area contributed by atoms with E-state index >= 15 is 0 Å². The molecule has 1 atom stereocenters. The molecule has 33 heavy (non-hydrogen) atoms. The number of urea groups is 1. The Kier molecular flexibility index (Phi) is 7.78. The number of ether oxygens (including phenoxy) is 4. The minimum Gasteiger partial charge on any atom is -0.496 e. The van der Waals surface area contributed by atoms with E-state index in [1.54, 1.807) is 49.4 Å². The number of rotatable bonds is 8. The fraction of sp³-hybridized carbons (Fsp3) is 0.261. The van der Waals surface area contributed by atoms with Crippen LogP contribution in [0, 0.1) is 0 Å². The normalized spacial score (nSPS) is 15.3. The van der Waals surface area contributed by atoms with E-state index in [2.05, 4.69) is 10.6 Å². The van der Waals surface area contributed by atoms with E-state index in [1.165, 1.54) is 14.2 Å². The van der Waals surface area contributed by atoms with Crippen molar-refractivity contribution in [3.8, 4) is 11.5 Å². The Morgan fingerprint density at radius 2 is 1.61 bits per heavy atom. The van der Waals surface area contributed by atoms with Crippen LogP contribution in [0.3, 0.4) is 0 Å². The van der Waals surface area contributed by atoms with Crippen LogP contribution < -0.4 is 20.1 Å². The van der Waals surface area contributed by atoms with Crippen LogP contribution in [0.25, 0.3) is 0 Å². The number of amides is 2. The zero-order valence-corrected chi connectivity index (χ0v) is 19.0. The van der Waals surface area contributed by atoms with Crippen molar-refractivity contribution in [2.45, 2.75) is 13.0 Å². The van der Waals surface area contributed by atoms with E-state index in [-0.39, 0.29) is 34.9 Å². The first-order chi connectivity index (χ1) is 15.9. The summed E-state index contributed by atoms with van der Waals surface area (Å²) in [5.41, 5.74) is 0.890. The third-order valence-electron chi connectivity index (χ3n) is 4.83. The van der Waals surface area contributed by atoms with Crippen molar-refractivity contribution in [1.82, 2.24) is 10.6 Å². The van der Waals surface area contributed by atoms with Gasteiger partial charge in [0.05, 0.1) is 38.1 Å². The van der Waals surface area contributed by atoms with Gasteiger partial charge in [0.25, 0.3) is 0 Å². The van der Waals surface area contributed by atoms with Gasteiger partial charge in [0.15, 0.2) is 0 Å². The van der Waals surface area contributed by atoms with Crippen molar-refractivity contribution in [2.24, 2.45) is 0 Å². The van der Waals surface area contributed by atoms with Gasteiger partial charge >= 0.3 is 18.0 Å². The number of nitrogens with one attached hydrogen (secondary N) is 2. The van der Waals surface area contributed by atoms with Gasteiger partial charge in [-0.3, -0.25) is 0 Å². The highest BCUT2D eigenvalue weighted by Gasteiger charge is 2.34. The van der Waals surface area contributed by atoms with E-state index in [1.807, 2.05) is 0 Å². The number of halogens is 1. The number of hydrogen-bond donors (Lipinski definition) is 2. The number of hydrogen-bond acceptors (Lipinski definition) is 7. The summed E-state index contributed by atoms with van der Waals surface area (Å²) < 4.78 is 21.1. The topological polar surface area (TPSA) is 112 Å². The Hall–Kier alpha value is -3.72. The van der Waals surface area contributed by atoms with Crippen LogP contribution in [0.15, 0.2) is 53.7 Å². The molecule has 0 aliphatic carbocycles. The Bertz CT molecular complexity index is 1060. The second-order valence-electron chi connectivity index (χ2n) is 6.81. The molecule has 2 amide bonds. The number of esters is 2. The molecule has 0 saturated heterocycles. The van der Waals surface area contributed by atoms with E-state index < -0.39 is 30.6 Å². The summed E-state index contributed by atoms with van der Waals surface area (Å²) in [6.45, 7) is 1.39. The van der Waals surface area contributed by atoms with Gasteiger partial charge in [-0.15, -0.1) is 0 Å². The lowest BCUT2D eigenvalue weighted by Gasteiger charge is -2.29. The van der Waals surface area contributed by atoms with Gasteiger partial charge in [0.2, 0.25) is 0 Å². The Balaban J connectivity index is 1.96. The fourth-order valence-corrected chi connectivity index (χ4v) is 3.48. The molecule has 10 heteroatoms. The van der Waals surface area contributed by atoms with Crippen LogP contribution in [0.5, 0.6) is 11.5 Å². The molecule has 0 fully saturated rings. The highest BCUT2D eigenvalue weighted by atomic mass is 35.5. The molecule has 3 rings (SSSR count). The lowest BCUT2D eigenvalue weighted by molar-refractivity contribution is -0.139. The second kappa shape index (κ2) is 10.7. The maximum absolute atomic E-state index is 12.9. The predicted molar refractivity (Wildman–Crippen MR) is 119 cm³/mol. The Morgan fingerprint density at radius 3 is 2.18 bits per heavy atom. The van der Waals surface area contributed by atoms with E-state index in [9.17, 15) is 14.4 Å². The minimum absolute atomic E-state index is 0.0790. The lowest BCUT2D eigenvalue weighted by atomic mass is 9.95. The van der Waals surface area contributed by atoms with Gasteiger partial charge in [-0.1, -0.05) is 29.8 Å². The SMILES string of the molecule is CCOC(=O)C1=C(COC(=O)c2c(OC)cccc2OC)NC(=O)N[C@@H]1c1ccc(Cl)cc1. The van der Waals surface area contributed by atoms with Gasteiger partial charge < -0.3 is 29.6 Å². The third-order valence-corrected chi connectivity index (χ3v) is 5.08. The largest absolute Gasteiger partial charge is 0.496 e. The molecule has 0 aromatic heterocycles. The van der Waals surface area contributed by atoms with Gasteiger partial charge in [-0.25, -0.2) is 14.4 Å². The average molecular weight is 475 g/mol. The molecule has 0 spiro atoms. The molecule has 2 aromatic rings. The second-order valence-corrected chi connectivity index (χ2v) is 7.25. The van der Waals surface area contributed by atoms with Crippen LogP contribution in [-0.4, -0.2) is 45.4 Å². The summed E-state index contributed by atoms with van der Waals surface area (Å²) in [6, 6.07) is 10.1. The Morgan fingerprint density at radius 1 is 0.970 bits per heavy atom. The zero-order valence-electron chi connectivity index (χ0n) is 18.3. The van der Waals surface area contributed by atoms with E-state index in [0.29, 0.717) is 10.6 Å². The third kappa shape index (κ3) is 5.38. The molecule has 1 heterocycles. The molecular formula is C23H23ClN2O7. The monoisotopic (exact) mass is 474 g/mol. The highest BCUT2D eigenvalue weighted by Crippen LogP contribution is 2.31. The molecule has 2 N–H and O–H groups in total. The summed E-state index contributed by atoms with van der Waals surface area (Å²) >= 11 is 5.97. The molecule has 9 nitrogen and oxygen atoms in total. The summed E-state index contributed by atoms with van der Waals surface area (Å²) in [7, 11) is 2.83. The summed E-state index contributed by atoms with van der Waals surface area (Å²) in [5.74, 6) is -0.902. The van der Waals surface area contributed by atoms with Crippen molar-refractivity contribution < 1.29 is 33.3 Å². The lowest BCUT2D eigenvalue weighted by Crippen LogP contribution is -2.47. The maximum Gasteiger partial charge on any atom is 0.346 e. The molecular weight excluding hydrogens is 452 g/mol. The fourth-order valence-electron chi connectivity index (χ4n) is 3.35. The number of methoxy groups -OCH3 is 2.